The van der Waals surface area contributed by atoms with Crippen molar-refractivity contribution in [3.05, 3.63) is 62.3 Å². The van der Waals surface area contributed by atoms with Crippen LogP contribution in [0.1, 0.15) is 41.6 Å². The average Bonchev–Trinajstić information content (AvgIpc) is 3.06. The molecule has 2 aromatic heterocycles. The number of rotatable bonds is 6. The lowest BCUT2D eigenvalue weighted by Crippen LogP contribution is -3.09. The van der Waals surface area contributed by atoms with Gasteiger partial charge in [-0.1, -0.05) is 0 Å². The number of nitrogens with one attached hydrogen (secondary N) is 1. The van der Waals surface area contributed by atoms with Crippen molar-refractivity contribution in [1.29, 1.82) is 0 Å². The van der Waals surface area contributed by atoms with Crippen LogP contribution in [-0.2, 0) is 25.9 Å². The molecule has 3 aromatic rings. The first-order valence-corrected chi connectivity index (χ1v) is 10.6. The van der Waals surface area contributed by atoms with Crippen molar-refractivity contribution >= 4 is 16.3 Å². The lowest BCUT2D eigenvalue weighted by atomic mass is 10.0. The third-order valence-electron chi connectivity index (χ3n) is 5.42. The summed E-state index contributed by atoms with van der Waals surface area (Å²) in [6.45, 7) is 4.25. The monoisotopic (exact) mass is 402 g/mol. The highest BCUT2D eigenvalue weighted by molar-refractivity contribution is 7.17. The fourth-order valence-corrected chi connectivity index (χ4v) is 5.14. The van der Waals surface area contributed by atoms with Crippen LogP contribution in [0.25, 0.3) is 4.96 Å². The van der Waals surface area contributed by atoms with Crippen molar-refractivity contribution in [2.45, 2.75) is 45.7 Å². The Bertz CT molecular complexity index is 1060. The zero-order chi connectivity index (χ0) is 19.7. The summed E-state index contributed by atoms with van der Waals surface area (Å²) < 4.78 is 20.8. The molecule has 0 spiro atoms. The first kappa shape index (κ1) is 19.1. The summed E-state index contributed by atoms with van der Waals surface area (Å²) in [5, 5.41) is 0. The molecular weight excluding hydrogens is 377 g/mol. The molecule has 0 fully saturated rings. The number of fused-ring (bicyclic) bond motifs is 3. The largest absolute Gasteiger partial charge is 0.494 e. The molecule has 7 heteroatoms. The predicted molar refractivity (Wildman–Crippen MR) is 108 cm³/mol. The van der Waals surface area contributed by atoms with E-state index in [1.54, 1.807) is 27.9 Å². The highest BCUT2D eigenvalue weighted by Gasteiger charge is 2.20. The van der Waals surface area contributed by atoms with E-state index in [-0.39, 0.29) is 17.1 Å². The van der Waals surface area contributed by atoms with Crippen LogP contribution in [-0.4, -0.2) is 23.0 Å². The highest BCUT2D eigenvalue weighted by atomic mass is 32.1. The number of methoxy groups -OCH3 is 1. The molecular formula is C21H25FN3O2S+. The standard InChI is InChI=1S/C21H24FN3O2S/c1-3-24(12-14-8-9-18(27-2)16(22)10-14)13-15-11-20(26)25-17-6-4-5-7-19(17)28-21(25)23-15/h8-11H,3-7,12-13H2,1-2H3/p+1. The molecule has 1 unspecified atom stereocenters. The molecule has 0 saturated heterocycles. The van der Waals surface area contributed by atoms with Crippen molar-refractivity contribution < 1.29 is 14.0 Å². The fourth-order valence-electron chi connectivity index (χ4n) is 3.91. The van der Waals surface area contributed by atoms with Gasteiger partial charge in [-0.2, -0.15) is 0 Å². The summed E-state index contributed by atoms with van der Waals surface area (Å²) in [6, 6.07) is 6.73. The van der Waals surface area contributed by atoms with Gasteiger partial charge in [0.15, 0.2) is 16.5 Å². The van der Waals surface area contributed by atoms with Crippen LogP contribution in [0.2, 0.25) is 0 Å². The van der Waals surface area contributed by atoms with Crippen LogP contribution in [0.5, 0.6) is 5.75 Å². The minimum atomic E-state index is -0.350. The average molecular weight is 403 g/mol. The van der Waals surface area contributed by atoms with Gasteiger partial charge in [0.1, 0.15) is 18.8 Å². The predicted octanol–water partition coefficient (Wildman–Crippen LogP) is 2.39. The molecule has 1 aliphatic carbocycles. The summed E-state index contributed by atoms with van der Waals surface area (Å²) in [5.74, 6) is -0.0963. The molecule has 1 aromatic carbocycles. The van der Waals surface area contributed by atoms with E-state index >= 15 is 0 Å². The maximum absolute atomic E-state index is 14.0. The quantitative estimate of drug-likeness (QED) is 0.689. The summed E-state index contributed by atoms with van der Waals surface area (Å²) in [6.07, 6.45) is 4.34. The van der Waals surface area contributed by atoms with E-state index in [0.29, 0.717) is 13.1 Å². The smallest absolute Gasteiger partial charge is 0.259 e. The molecule has 1 atom stereocenters. The van der Waals surface area contributed by atoms with Crippen molar-refractivity contribution in [3.63, 3.8) is 0 Å². The maximum Gasteiger partial charge on any atom is 0.259 e. The summed E-state index contributed by atoms with van der Waals surface area (Å²) in [5.41, 5.74) is 2.88. The number of aryl methyl sites for hydroxylation is 2. The lowest BCUT2D eigenvalue weighted by molar-refractivity contribution is -0.926. The molecule has 4 rings (SSSR count). The van der Waals surface area contributed by atoms with E-state index in [1.807, 2.05) is 6.07 Å². The number of hydrogen-bond donors (Lipinski definition) is 1. The second-order valence-electron chi connectivity index (χ2n) is 7.31. The topological polar surface area (TPSA) is 48.0 Å². The Kier molecular flexibility index (Phi) is 5.46. The molecule has 5 nitrogen and oxygen atoms in total. The van der Waals surface area contributed by atoms with E-state index in [1.165, 1.54) is 29.4 Å². The van der Waals surface area contributed by atoms with Crippen molar-refractivity contribution in [3.8, 4) is 5.75 Å². The molecule has 1 aliphatic rings. The summed E-state index contributed by atoms with van der Waals surface area (Å²) >= 11 is 1.65. The second kappa shape index (κ2) is 8.01. The number of quaternary nitrogens is 1. The van der Waals surface area contributed by atoms with Crippen LogP contribution >= 0.6 is 11.3 Å². The molecule has 0 bridgehead atoms. The van der Waals surface area contributed by atoms with Crippen LogP contribution in [0.4, 0.5) is 4.39 Å². The van der Waals surface area contributed by atoms with Gasteiger partial charge in [-0.15, -0.1) is 11.3 Å². The number of benzene rings is 1. The van der Waals surface area contributed by atoms with Gasteiger partial charge in [-0.3, -0.25) is 9.20 Å². The lowest BCUT2D eigenvalue weighted by Gasteiger charge is -2.17. The van der Waals surface area contributed by atoms with Gasteiger partial charge in [-0.05, 0) is 50.8 Å². The molecule has 0 aliphatic heterocycles. The number of hydrogen-bond acceptors (Lipinski definition) is 4. The molecule has 148 valence electrons. The summed E-state index contributed by atoms with van der Waals surface area (Å²) in [7, 11) is 1.46. The number of aromatic nitrogens is 2. The minimum Gasteiger partial charge on any atom is -0.494 e. The first-order chi connectivity index (χ1) is 13.6. The van der Waals surface area contributed by atoms with Crippen molar-refractivity contribution in [2.24, 2.45) is 0 Å². The Morgan fingerprint density at radius 3 is 2.82 bits per heavy atom. The van der Waals surface area contributed by atoms with Crippen LogP contribution in [0.15, 0.2) is 29.1 Å². The van der Waals surface area contributed by atoms with Crippen LogP contribution in [0, 0.1) is 5.82 Å². The van der Waals surface area contributed by atoms with E-state index < -0.39 is 0 Å². The second-order valence-corrected chi connectivity index (χ2v) is 8.37. The van der Waals surface area contributed by atoms with E-state index in [4.69, 9.17) is 9.72 Å². The van der Waals surface area contributed by atoms with Crippen LogP contribution < -0.4 is 15.2 Å². The molecule has 28 heavy (non-hydrogen) atoms. The van der Waals surface area contributed by atoms with E-state index in [9.17, 15) is 9.18 Å². The molecule has 0 saturated carbocycles. The molecule has 0 radical (unpaired) electrons. The molecule has 2 heterocycles. The minimum absolute atomic E-state index is 0.0188. The van der Waals surface area contributed by atoms with Gasteiger partial charge >= 0.3 is 0 Å². The Morgan fingerprint density at radius 1 is 1.25 bits per heavy atom. The van der Waals surface area contributed by atoms with Crippen LogP contribution in [0.3, 0.4) is 0 Å². The number of ether oxygens (including phenoxy) is 1. The highest BCUT2D eigenvalue weighted by Crippen LogP contribution is 2.28. The SMILES string of the molecule is CC[NH+](Cc1ccc(OC)c(F)c1)Cc1cc(=O)n2c3c(sc2n1)CCCC3. The Balaban J connectivity index is 1.57. The third-order valence-corrected chi connectivity index (χ3v) is 6.56. The Labute approximate surface area is 167 Å². The van der Waals surface area contributed by atoms with Gasteiger partial charge in [0.05, 0.1) is 13.7 Å². The third kappa shape index (κ3) is 3.69. The van der Waals surface area contributed by atoms with Gasteiger partial charge in [0, 0.05) is 22.2 Å². The van der Waals surface area contributed by atoms with Crippen molar-refractivity contribution in [1.82, 2.24) is 9.38 Å². The molecule has 0 amide bonds. The van der Waals surface area contributed by atoms with Gasteiger partial charge in [0.25, 0.3) is 5.56 Å². The zero-order valence-corrected chi connectivity index (χ0v) is 17.1. The van der Waals surface area contributed by atoms with E-state index in [2.05, 4.69) is 6.92 Å². The molecule has 1 N–H and O–H groups in total. The Hall–Kier alpha value is -2.25. The zero-order valence-electron chi connectivity index (χ0n) is 16.3. The van der Waals surface area contributed by atoms with Gasteiger partial charge in [-0.25, -0.2) is 9.37 Å². The van der Waals surface area contributed by atoms with Gasteiger partial charge < -0.3 is 9.64 Å². The fraction of sp³-hybridized carbons (Fsp3) is 0.429. The number of thiazole rings is 1. The number of nitrogens with zero attached hydrogens (tertiary/aromatic N) is 2. The maximum atomic E-state index is 14.0. The van der Waals surface area contributed by atoms with Crippen molar-refractivity contribution in [2.75, 3.05) is 13.7 Å². The van der Waals surface area contributed by atoms with Gasteiger partial charge in [0.2, 0.25) is 0 Å². The normalized spacial score (nSPS) is 14.8. The number of halogens is 1. The van der Waals surface area contributed by atoms with E-state index in [0.717, 1.165) is 47.7 Å². The summed E-state index contributed by atoms with van der Waals surface area (Å²) in [4.78, 5) is 20.9. The first-order valence-electron chi connectivity index (χ1n) is 9.78. The Morgan fingerprint density at radius 2 is 2.07 bits per heavy atom.